The van der Waals surface area contributed by atoms with Gasteiger partial charge >= 0.3 is 0 Å². The lowest BCUT2D eigenvalue weighted by atomic mass is 9.83. The van der Waals surface area contributed by atoms with Gasteiger partial charge in [-0.3, -0.25) is 14.7 Å². The molecular weight excluding hydrogens is 310 g/mol. The van der Waals surface area contributed by atoms with Crippen molar-refractivity contribution in [3.8, 4) is 0 Å². The number of rotatable bonds is 5. The summed E-state index contributed by atoms with van der Waals surface area (Å²) in [4.78, 5) is 19.5. The molecular formula is C21H25N3O. The van der Waals surface area contributed by atoms with E-state index in [-0.39, 0.29) is 11.4 Å². The summed E-state index contributed by atoms with van der Waals surface area (Å²) in [5, 5.41) is 3.13. The molecule has 130 valence electrons. The van der Waals surface area contributed by atoms with Gasteiger partial charge in [-0.2, -0.15) is 0 Å². The van der Waals surface area contributed by atoms with Crippen molar-refractivity contribution in [1.29, 1.82) is 0 Å². The zero-order valence-corrected chi connectivity index (χ0v) is 14.7. The Morgan fingerprint density at radius 3 is 2.52 bits per heavy atom. The van der Waals surface area contributed by atoms with Crippen LogP contribution in [-0.4, -0.2) is 40.5 Å². The molecule has 4 nitrogen and oxygen atoms in total. The van der Waals surface area contributed by atoms with E-state index in [0.717, 1.165) is 37.9 Å². The number of nitrogens with one attached hydrogen (secondary N) is 1. The maximum absolute atomic E-state index is 12.8. The fraction of sp³-hybridized carbons (Fsp3) is 0.429. The molecule has 1 N–H and O–H groups in total. The number of nitrogens with zero attached hydrogens (tertiary/aromatic N) is 2. The number of aromatic nitrogens is 1. The standard InChI is InChI=1S/C21H25N3O/c1-21(20(25)23-12-9-18-8-4-5-11-22-18)10-13-24(21)19-14-16-6-2-3-7-17(16)15-19/h2-8,11,19H,9-10,12-15H2,1H3,(H,23,25). The van der Waals surface area contributed by atoms with Crippen LogP contribution in [0.25, 0.3) is 0 Å². The van der Waals surface area contributed by atoms with E-state index in [0.29, 0.717) is 12.6 Å². The van der Waals surface area contributed by atoms with Gasteiger partial charge in [0, 0.05) is 37.4 Å². The molecule has 1 aliphatic carbocycles. The van der Waals surface area contributed by atoms with E-state index in [2.05, 4.69) is 46.4 Å². The third-order valence-electron chi connectivity index (χ3n) is 5.83. The van der Waals surface area contributed by atoms with Crippen LogP contribution in [0.5, 0.6) is 0 Å². The Hall–Kier alpha value is -2.20. The number of fused-ring (bicyclic) bond motifs is 1. The molecule has 1 aromatic heterocycles. The molecule has 25 heavy (non-hydrogen) atoms. The van der Waals surface area contributed by atoms with Crippen LogP contribution >= 0.6 is 0 Å². The van der Waals surface area contributed by atoms with Crippen molar-refractivity contribution in [2.45, 2.75) is 44.2 Å². The third kappa shape index (κ3) is 3.07. The van der Waals surface area contributed by atoms with Gasteiger partial charge in [-0.05, 0) is 49.4 Å². The Bertz CT molecular complexity index is 736. The number of carbonyl (C=O) groups excluding carboxylic acids is 1. The lowest BCUT2D eigenvalue weighted by Gasteiger charge is -2.52. The Morgan fingerprint density at radius 2 is 1.92 bits per heavy atom. The monoisotopic (exact) mass is 335 g/mol. The molecule has 2 heterocycles. The molecule has 2 aliphatic rings. The Labute approximate surface area is 149 Å². The van der Waals surface area contributed by atoms with Crippen LogP contribution in [0.4, 0.5) is 0 Å². The molecule has 0 spiro atoms. The second kappa shape index (κ2) is 6.60. The van der Waals surface area contributed by atoms with Crippen molar-refractivity contribution in [3.63, 3.8) is 0 Å². The first kappa shape index (κ1) is 16.3. The minimum absolute atomic E-state index is 0.158. The third-order valence-corrected chi connectivity index (χ3v) is 5.83. The molecule has 0 saturated carbocycles. The molecule has 1 saturated heterocycles. The van der Waals surface area contributed by atoms with Gasteiger partial charge < -0.3 is 5.32 Å². The number of likely N-dealkylation sites (tertiary alicyclic amines) is 1. The lowest BCUT2D eigenvalue weighted by molar-refractivity contribution is -0.144. The van der Waals surface area contributed by atoms with E-state index in [1.165, 1.54) is 11.1 Å². The number of hydrogen-bond donors (Lipinski definition) is 1. The number of pyridine rings is 1. The normalized spacial score (nSPS) is 23.1. The van der Waals surface area contributed by atoms with Crippen LogP contribution in [0.15, 0.2) is 48.7 Å². The fourth-order valence-corrected chi connectivity index (χ4v) is 4.20. The summed E-state index contributed by atoms with van der Waals surface area (Å²) >= 11 is 0. The van der Waals surface area contributed by atoms with Crippen LogP contribution < -0.4 is 5.32 Å². The summed E-state index contributed by atoms with van der Waals surface area (Å²) in [5.41, 5.74) is 3.54. The van der Waals surface area contributed by atoms with Crippen molar-refractivity contribution < 1.29 is 4.79 Å². The van der Waals surface area contributed by atoms with Crippen LogP contribution in [0.1, 0.15) is 30.2 Å². The van der Waals surface area contributed by atoms with Gasteiger partial charge in [-0.25, -0.2) is 0 Å². The molecule has 1 fully saturated rings. The molecule has 1 aliphatic heterocycles. The van der Waals surface area contributed by atoms with E-state index in [1.54, 1.807) is 6.20 Å². The first-order valence-electron chi connectivity index (χ1n) is 9.18. The number of carbonyl (C=O) groups is 1. The van der Waals surface area contributed by atoms with Crippen molar-refractivity contribution in [2.24, 2.45) is 0 Å². The van der Waals surface area contributed by atoms with Gasteiger partial charge in [-0.15, -0.1) is 0 Å². The van der Waals surface area contributed by atoms with E-state index in [1.807, 2.05) is 18.2 Å². The summed E-state index contributed by atoms with van der Waals surface area (Å²) in [6.07, 6.45) is 5.64. The van der Waals surface area contributed by atoms with Gasteiger partial charge in [0.15, 0.2) is 0 Å². The number of benzene rings is 1. The zero-order valence-electron chi connectivity index (χ0n) is 14.7. The van der Waals surface area contributed by atoms with E-state index in [4.69, 9.17) is 0 Å². The topological polar surface area (TPSA) is 45.2 Å². The van der Waals surface area contributed by atoms with Gasteiger partial charge in [-0.1, -0.05) is 30.3 Å². The Morgan fingerprint density at radius 1 is 1.20 bits per heavy atom. The largest absolute Gasteiger partial charge is 0.354 e. The van der Waals surface area contributed by atoms with Gasteiger partial charge in [0.25, 0.3) is 0 Å². The highest BCUT2D eigenvalue weighted by Gasteiger charge is 2.50. The zero-order chi connectivity index (χ0) is 17.3. The van der Waals surface area contributed by atoms with Crippen LogP contribution in [0, 0.1) is 0 Å². The minimum Gasteiger partial charge on any atom is -0.354 e. The summed E-state index contributed by atoms with van der Waals surface area (Å²) in [6, 6.07) is 15.0. The second-order valence-corrected chi connectivity index (χ2v) is 7.38. The molecule has 1 aromatic carbocycles. The van der Waals surface area contributed by atoms with E-state index < -0.39 is 0 Å². The maximum atomic E-state index is 12.8. The summed E-state index contributed by atoms with van der Waals surface area (Å²) < 4.78 is 0. The highest BCUT2D eigenvalue weighted by Crippen LogP contribution is 2.37. The average Bonchev–Trinajstić information content (AvgIpc) is 3.03. The van der Waals surface area contributed by atoms with Gasteiger partial charge in [0.2, 0.25) is 5.91 Å². The summed E-state index contributed by atoms with van der Waals surface area (Å²) in [5.74, 6) is 0.158. The van der Waals surface area contributed by atoms with Gasteiger partial charge in [0.1, 0.15) is 0 Å². The highest BCUT2D eigenvalue weighted by molar-refractivity contribution is 5.87. The van der Waals surface area contributed by atoms with Crippen molar-refractivity contribution in [3.05, 3.63) is 65.5 Å². The predicted molar refractivity (Wildman–Crippen MR) is 98.3 cm³/mol. The van der Waals surface area contributed by atoms with Crippen molar-refractivity contribution in [1.82, 2.24) is 15.2 Å². The van der Waals surface area contributed by atoms with Crippen LogP contribution in [0.3, 0.4) is 0 Å². The summed E-state index contributed by atoms with van der Waals surface area (Å²) in [7, 11) is 0. The highest BCUT2D eigenvalue weighted by atomic mass is 16.2. The molecule has 1 atom stereocenters. The number of amides is 1. The predicted octanol–water partition coefficient (Wildman–Crippen LogP) is 2.37. The molecule has 0 radical (unpaired) electrons. The SMILES string of the molecule is CC1(C(=O)NCCc2ccccn2)CCN1C1Cc2ccccc2C1. The molecule has 4 heteroatoms. The van der Waals surface area contributed by atoms with E-state index in [9.17, 15) is 4.79 Å². The van der Waals surface area contributed by atoms with Crippen LogP contribution in [0.2, 0.25) is 0 Å². The maximum Gasteiger partial charge on any atom is 0.240 e. The lowest BCUT2D eigenvalue weighted by Crippen LogP contribution is -2.68. The van der Waals surface area contributed by atoms with Gasteiger partial charge in [0.05, 0.1) is 5.54 Å². The molecule has 2 aromatic rings. The smallest absolute Gasteiger partial charge is 0.240 e. The molecule has 4 rings (SSSR count). The summed E-state index contributed by atoms with van der Waals surface area (Å²) in [6.45, 7) is 3.75. The number of hydrogen-bond acceptors (Lipinski definition) is 3. The van der Waals surface area contributed by atoms with Crippen LogP contribution in [-0.2, 0) is 24.1 Å². The quantitative estimate of drug-likeness (QED) is 0.912. The molecule has 1 amide bonds. The minimum atomic E-state index is -0.364. The Kier molecular flexibility index (Phi) is 4.30. The van der Waals surface area contributed by atoms with Crippen molar-refractivity contribution in [2.75, 3.05) is 13.1 Å². The van der Waals surface area contributed by atoms with Crippen molar-refractivity contribution >= 4 is 5.91 Å². The van der Waals surface area contributed by atoms with E-state index >= 15 is 0 Å². The molecule has 0 bridgehead atoms. The molecule has 1 unspecified atom stereocenters. The fourth-order valence-electron chi connectivity index (χ4n) is 4.20. The first-order chi connectivity index (χ1) is 12.2. The first-order valence-corrected chi connectivity index (χ1v) is 9.18. The second-order valence-electron chi connectivity index (χ2n) is 7.38. The Balaban J connectivity index is 1.34. The average molecular weight is 335 g/mol.